The van der Waals surface area contributed by atoms with Crippen molar-refractivity contribution in [3.63, 3.8) is 0 Å². The van der Waals surface area contributed by atoms with Gasteiger partial charge in [0, 0.05) is 11.6 Å². The Kier molecular flexibility index (Phi) is 7.97. The third-order valence-electron chi connectivity index (χ3n) is 5.05. The fraction of sp³-hybridized carbons (Fsp3) is 0.208. The zero-order valence-electron chi connectivity index (χ0n) is 18.8. The maximum Gasteiger partial charge on any atom is 0.573 e. The lowest BCUT2D eigenvalue weighted by Crippen LogP contribution is -2.41. The molecule has 0 radical (unpaired) electrons. The van der Waals surface area contributed by atoms with Gasteiger partial charge in [-0.05, 0) is 61.4 Å². The summed E-state index contributed by atoms with van der Waals surface area (Å²) in [5.41, 5.74) is 2.11. The third-order valence-corrected chi connectivity index (χ3v) is 7.23. The van der Waals surface area contributed by atoms with Crippen molar-refractivity contribution in [3.8, 4) is 5.75 Å². The molecule has 1 N–H and O–H groups in total. The Bertz CT molecular complexity index is 1300. The molecule has 0 saturated carbocycles. The van der Waals surface area contributed by atoms with Crippen LogP contribution in [0.15, 0.2) is 71.6 Å². The van der Waals surface area contributed by atoms with E-state index in [9.17, 15) is 26.4 Å². The van der Waals surface area contributed by atoms with Crippen molar-refractivity contribution in [1.29, 1.82) is 0 Å². The molecule has 0 aliphatic heterocycles. The number of hydrogen-bond acceptors (Lipinski definition) is 4. The van der Waals surface area contributed by atoms with Gasteiger partial charge >= 0.3 is 6.36 Å². The highest BCUT2D eigenvalue weighted by molar-refractivity contribution is 7.92. The average Bonchev–Trinajstić information content (AvgIpc) is 2.78. The van der Waals surface area contributed by atoms with Crippen LogP contribution in [0.4, 0.5) is 18.9 Å². The van der Waals surface area contributed by atoms with E-state index in [1.54, 1.807) is 37.3 Å². The van der Waals surface area contributed by atoms with Crippen LogP contribution in [0.25, 0.3) is 0 Å². The lowest BCUT2D eigenvalue weighted by atomic mass is 10.2. The second-order valence-electron chi connectivity index (χ2n) is 7.68. The number of nitrogens with one attached hydrogen (secondary N) is 1. The molecule has 6 nitrogen and oxygen atoms in total. The molecule has 3 aromatic rings. The zero-order chi connectivity index (χ0) is 25.8. The van der Waals surface area contributed by atoms with E-state index < -0.39 is 28.8 Å². The van der Waals surface area contributed by atoms with Crippen LogP contribution in [0.1, 0.15) is 16.7 Å². The fourth-order valence-corrected chi connectivity index (χ4v) is 4.85. The Balaban J connectivity index is 1.81. The van der Waals surface area contributed by atoms with Gasteiger partial charge in [-0.25, -0.2) is 8.42 Å². The molecule has 0 aromatic heterocycles. The van der Waals surface area contributed by atoms with Gasteiger partial charge in [-0.15, -0.1) is 13.2 Å². The lowest BCUT2D eigenvalue weighted by Gasteiger charge is -2.26. The Hall–Kier alpha value is -3.24. The second-order valence-corrected chi connectivity index (χ2v) is 9.95. The predicted octanol–water partition coefficient (Wildman–Crippen LogP) is 5.37. The molecule has 3 aromatic carbocycles. The molecule has 1 amide bonds. The van der Waals surface area contributed by atoms with Gasteiger partial charge in [0.1, 0.15) is 12.3 Å². The summed E-state index contributed by atoms with van der Waals surface area (Å²) in [6.45, 7) is 2.91. The van der Waals surface area contributed by atoms with E-state index in [0.717, 1.165) is 22.0 Å². The van der Waals surface area contributed by atoms with Crippen molar-refractivity contribution in [2.75, 3.05) is 10.8 Å². The van der Waals surface area contributed by atoms with E-state index in [-0.39, 0.29) is 22.9 Å². The maximum absolute atomic E-state index is 13.5. The summed E-state index contributed by atoms with van der Waals surface area (Å²) in [5, 5.41) is 2.93. The summed E-state index contributed by atoms with van der Waals surface area (Å²) >= 11 is 6.20. The molecular formula is C24H22ClF3N2O4S. The molecule has 0 bridgehead atoms. The number of anilines is 1. The van der Waals surface area contributed by atoms with E-state index in [1.165, 1.54) is 24.3 Å². The van der Waals surface area contributed by atoms with Gasteiger partial charge < -0.3 is 10.1 Å². The number of aryl methyl sites for hydroxylation is 1. The molecule has 0 saturated heterocycles. The monoisotopic (exact) mass is 526 g/mol. The number of carbonyl (C=O) groups excluding carboxylic acids is 1. The Morgan fingerprint density at radius 2 is 1.63 bits per heavy atom. The van der Waals surface area contributed by atoms with E-state index in [2.05, 4.69) is 10.1 Å². The molecule has 186 valence electrons. The predicted molar refractivity (Wildman–Crippen MR) is 127 cm³/mol. The molecule has 0 unspecified atom stereocenters. The number of amides is 1. The largest absolute Gasteiger partial charge is 0.573 e. The SMILES string of the molecule is Cc1ccc(S(=O)(=O)N(CC(=O)NCc2ccc(OC(F)(F)F)cc2)c2cccc(Cl)c2C)cc1. The quantitative estimate of drug-likeness (QED) is 0.428. The van der Waals surface area contributed by atoms with Gasteiger partial charge in [-0.1, -0.05) is 47.5 Å². The summed E-state index contributed by atoms with van der Waals surface area (Å²) in [6.07, 6.45) is -4.80. The van der Waals surface area contributed by atoms with Crippen molar-refractivity contribution in [3.05, 3.63) is 88.4 Å². The summed E-state index contributed by atoms with van der Waals surface area (Å²) in [6, 6.07) is 16.0. The highest BCUT2D eigenvalue weighted by Crippen LogP contribution is 2.31. The standard InChI is InChI=1S/C24H22ClF3N2O4S/c1-16-6-12-20(13-7-16)35(32,33)30(22-5-3-4-21(25)17(22)2)15-23(31)29-14-18-8-10-19(11-9-18)34-24(26,27)28/h3-13H,14-15H2,1-2H3,(H,29,31). The van der Waals surface area contributed by atoms with Gasteiger partial charge in [-0.3, -0.25) is 9.10 Å². The molecule has 0 fully saturated rings. The number of benzene rings is 3. The van der Waals surface area contributed by atoms with Crippen molar-refractivity contribution >= 4 is 33.2 Å². The molecule has 0 aliphatic rings. The topological polar surface area (TPSA) is 75.7 Å². The van der Waals surface area contributed by atoms with Gasteiger partial charge in [0.25, 0.3) is 10.0 Å². The minimum Gasteiger partial charge on any atom is -0.406 e. The Morgan fingerprint density at radius 1 is 1.00 bits per heavy atom. The summed E-state index contributed by atoms with van der Waals surface area (Å²) in [4.78, 5) is 12.8. The number of rotatable bonds is 8. The number of alkyl halides is 3. The van der Waals surface area contributed by atoms with Gasteiger partial charge in [0.2, 0.25) is 5.91 Å². The minimum atomic E-state index is -4.80. The summed E-state index contributed by atoms with van der Waals surface area (Å²) < 4.78 is 68.7. The van der Waals surface area contributed by atoms with Crippen LogP contribution >= 0.6 is 11.6 Å². The minimum absolute atomic E-state index is 0.00975. The van der Waals surface area contributed by atoms with Crippen molar-refractivity contribution in [2.45, 2.75) is 31.7 Å². The van der Waals surface area contributed by atoms with Gasteiger partial charge in [0.05, 0.1) is 10.6 Å². The van der Waals surface area contributed by atoms with E-state index >= 15 is 0 Å². The van der Waals surface area contributed by atoms with Crippen LogP contribution in [-0.4, -0.2) is 27.2 Å². The molecule has 0 heterocycles. The number of sulfonamides is 1. The van der Waals surface area contributed by atoms with Crippen LogP contribution in [0, 0.1) is 13.8 Å². The fourth-order valence-electron chi connectivity index (χ4n) is 3.20. The normalized spacial score (nSPS) is 11.7. The molecule has 0 atom stereocenters. The highest BCUT2D eigenvalue weighted by Gasteiger charge is 2.31. The van der Waals surface area contributed by atoms with Crippen LogP contribution in [0.2, 0.25) is 5.02 Å². The first-order chi connectivity index (χ1) is 16.4. The van der Waals surface area contributed by atoms with Gasteiger partial charge in [-0.2, -0.15) is 0 Å². The molecule has 11 heteroatoms. The van der Waals surface area contributed by atoms with Crippen LogP contribution in [0.5, 0.6) is 5.75 Å². The van der Waals surface area contributed by atoms with E-state index in [4.69, 9.17) is 11.6 Å². The zero-order valence-corrected chi connectivity index (χ0v) is 20.3. The van der Waals surface area contributed by atoms with Crippen LogP contribution in [-0.2, 0) is 21.4 Å². The first-order valence-electron chi connectivity index (χ1n) is 10.3. The first kappa shape index (κ1) is 26.4. The summed E-state index contributed by atoms with van der Waals surface area (Å²) in [7, 11) is -4.12. The van der Waals surface area contributed by atoms with E-state index in [1.807, 2.05) is 6.92 Å². The molecule has 0 aliphatic carbocycles. The number of hydrogen-bond donors (Lipinski definition) is 1. The van der Waals surface area contributed by atoms with E-state index in [0.29, 0.717) is 16.1 Å². The highest BCUT2D eigenvalue weighted by atomic mass is 35.5. The molecule has 0 spiro atoms. The van der Waals surface area contributed by atoms with Crippen molar-refractivity contribution in [2.24, 2.45) is 0 Å². The summed E-state index contributed by atoms with van der Waals surface area (Å²) in [5.74, 6) is -1.00. The van der Waals surface area contributed by atoms with Crippen LogP contribution in [0.3, 0.4) is 0 Å². The smallest absolute Gasteiger partial charge is 0.406 e. The Labute approximate surface area is 206 Å². The third kappa shape index (κ3) is 6.89. The van der Waals surface area contributed by atoms with Crippen molar-refractivity contribution in [1.82, 2.24) is 5.32 Å². The number of carbonyl (C=O) groups is 1. The van der Waals surface area contributed by atoms with Crippen LogP contribution < -0.4 is 14.4 Å². The second kappa shape index (κ2) is 10.6. The number of halogens is 4. The first-order valence-corrected chi connectivity index (χ1v) is 12.1. The van der Waals surface area contributed by atoms with Gasteiger partial charge in [0.15, 0.2) is 0 Å². The maximum atomic E-state index is 13.5. The number of ether oxygens (including phenoxy) is 1. The molecule has 35 heavy (non-hydrogen) atoms. The molecular weight excluding hydrogens is 505 g/mol. The van der Waals surface area contributed by atoms with Crippen molar-refractivity contribution < 1.29 is 31.1 Å². The Morgan fingerprint density at radius 3 is 2.23 bits per heavy atom. The average molecular weight is 527 g/mol. The lowest BCUT2D eigenvalue weighted by molar-refractivity contribution is -0.274. The molecule has 3 rings (SSSR count). The number of nitrogens with zero attached hydrogens (tertiary/aromatic N) is 1.